The summed E-state index contributed by atoms with van der Waals surface area (Å²) in [6, 6.07) is 0. The molecule has 0 bridgehead atoms. The van der Waals surface area contributed by atoms with Crippen LogP contribution in [0.4, 0.5) is 0 Å². The zero-order valence-electron chi connectivity index (χ0n) is 25.7. The Kier molecular flexibility index (Phi) is 11.4. The van der Waals surface area contributed by atoms with Gasteiger partial charge in [0.15, 0.2) is 0 Å². The van der Waals surface area contributed by atoms with E-state index < -0.39 is 12.2 Å². The molecule has 0 fully saturated rings. The Morgan fingerprint density at radius 1 is 0.737 bits per heavy atom. The maximum atomic E-state index is 11.2. The van der Waals surface area contributed by atoms with Gasteiger partial charge in [-0.15, -0.1) is 0 Å². The summed E-state index contributed by atoms with van der Waals surface area (Å²) in [4.78, 5) is 0. The second-order valence-corrected chi connectivity index (χ2v) is 14.2. The molecule has 0 heterocycles. The molecule has 3 N–H and O–H groups in total. The van der Waals surface area contributed by atoms with Crippen molar-refractivity contribution in [3.8, 4) is 0 Å². The Bertz CT molecular complexity index is 864. The first-order valence-electron chi connectivity index (χ1n) is 14.6. The van der Waals surface area contributed by atoms with Crippen molar-refractivity contribution in [2.75, 3.05) is 13.7 Å². The molecule has 2 aliphatic carbocycles. The summed E-state index contributed by atoms with van der Waals surface area (Å²) >= 11 is 0. The lowest BCUT2D eigenvalue weighted by molar-refractivity contribution is 0.0135. The molecule has 0 aromatic heterocycles. The zero-order valence-corrected chi connectivity index (χ0v) is 25.7. The lowest BCUT2D eigenvalue weighted by Gasteiger charge is -2.31. The van der Waals surface area contributed by atoms with Crippen molar-refractivity contribution < 1.29 is 20.1 Å². The van der Waals surface area contributed by atoms with Gasteiger partial charge in [0.05, 0.1) is 17.8 Å². The number of allylic oxidation sites excluding steroid dienone is 4. The van der Waals surface area contributed by atoms with Crippen LogP contribution in [0.2, 0.25) is 0 Å². The summed E-state index contributed by atoms with van der Waals surface area (Å²) in [5.74, 6) is 0. The van der Waals surface area contributed by atoms with E-state index in [1.807, 2.05) is 12.2 Å². The van der Waals surface area contributed by atoms with Crippen molar-refractivity contribution in [2.24, 2.45) is 16.2 Å². The van der Waals surface area contributed by atoms with Crippen LogP contribution in [0.1, 0.15) is 107 Å². The first-order valence-corrected chi connectivity index (χ1v) is 14.6. The highest BCUT2D eigenvalue weighted by molar-refractivity contribution is 5.45. The van der Waals surface area contributed by atoms with Crippen LogP contribution < -0.4 is 0 Å². The van der Waals surface area contributed by atoms with Gasteiger partial charge in [-0.2, -0.15) is 0 Å². The second-order valence-electron chi connectivity index (χ2n) is 14.2. The van der Waals surface area contributed by atoms with E-state index in [2.05, 4.69) is 79.7 Å². The topological polar surface area (TPSA) is 69.9 Å². The Balaban J connectivity index is 2.06. The van der Waals surface area contributed by atoms with Crippen molar-refractivity contribution in [1.29, 1.82) is 0 Å². The van der Waals surface area contributed by atoms with Gasteiger partial charge in [-0.1, -0.05) is 90.8 Å². The van der Waals surface area contributed by atoms with Gasteiger partial charge in [0, 0.05) is 24.5 Å². The molecule has 38 heavy (non-hydrogen) atoms. The molecule has 2 unspecified atom stereocenters. The van der Waals surface area contributed by atoms with Crippen molar-refractivity contribution >= 4 is 0 Å². The van der Waals surface area contributed by atoms with Gasteiger partial charge in [-0.3, -0.25) is 0 Å². The molecule has 0 amide bonds. The van der Waals surface area contributed by atoms with Crippen molar-refractivity contribution in [3.63, 3.8) is 0 Å². The van der Waals surface area contributed by atoms with Crippen LogP contribution in [0.3, 0.4) is 0 Å². The van der Waals surface area contributed by atoms with E-state index in [-0.39, 0.29) is 28.5 Å². The average Bonchev–Trinajstić information content (AvgIpc) is 2.82. The molecular weight excluding hydrogens is 472 g/mol. The summed E-state index contributed by atoms with van der Waals surface area (Å²) in [6.45, 7) is 17.3. The van der Waals surface area contributed by atoms with Gasteiger partial charge < -0.3 is 20.1 Å². The normalized spacial score (nSPS) is 23.7. The third-order valence-corrected chi connectivity index (χ3v) is 8.04. The van der Waals surface area contributed by atoms with E-state index in [0.717, 1.165) is 73.7 Å². The third kappa shape index (κ3) is 10.3. The SMILES string of the molecule is COC(C)(C)CCCCC1=CC(C)(C)C=C(/C=C\C2=CC(C)(C)C=C(CCCCC(C)(C)CO)C2O)C1O. The molecule has 0 aliphatic heterocycles. The standard InChI is InChI=1S/C34H56O4/c1-31(2,24-35)18-12-10-14-25-20-32(3,4)22-27(29(25)36)16-17-28-23-33(5,6)21-26(30(28)37)15-11-13-19-34(7,8)38-9/h16-17,20-23,29-30,35-37H,10-15,18-19,24H2,1-9H3/b17-16-. The molecule has 0 saturated heterocycles. The predicted octanol–water partition coefficient (Wildman–Crippen LogP) is 7.61. The first-order chi connectivity index (χ1) is 17.5. The minimum atomic E-state index is -0.626. The summed E-state index contributed by atoms with van der Waals surface area (Å²) < 4.78 is 5.55. The maximum Gasteiger partial charge on any atom is 0.0998 e. The van der Waals surface area contributed by atoms with Crippen LogP contribution in [-0.2, 0) is 4.74 Å². The molecule has 4 nitrogen and oxygen atoms in total. The maximum absolute atomic E-state index is 11.2. The van der Waals surface area contributed by atoms with Gasteiger partial charge in [-0.05, 0) is 80.1 Å². The molecule has 0 aromatic carbocycles. The van der Waals surface area contributed by atoms with Crippen LogP contribution in [-0.4, -0.2) is 46.8 Å². The number of aliphatic hydroxyl groups excluding tert-OH is 3. The smallest absolute Gasteiger partial charge is 0.0998 e. The van der Waals surface area contributed by atoms with Crippen molar-refractivity contribution in [1.82, 2.24) is 0 Å². The molecule has 0 radical (unpaired) electrons. The van der Waals surface area contributed by atoms with Gasteiger partial charge in [0.2, 0.25) is 0 Å². The van der Waals surface area contributed by atoms with Crippen LogP contribution in [0.5, 0.6) is 0 Å². The van der Waals surface area contributed by atoms with E-state index in [1.165, 1.54) is 0 Å². The zero-order chi connectivity index (χ0) is 28.8. The molecular formula is C34H56O4. The van der Waals surface area contributed by atoms with E-state index in [0.29, 0.717) is 0 Å². The van der Waals surface area contributed by atoms with E-state index in [1.54, 1.807) is 7.11 Å². The lowest BCUT2D eigenvalue weighted by atomic mass is 9.77. The molecule has 4 heteroatoms. The van der Waals surface area contributed by atoms with Crippen molar-refractivity contribution in [3.05, 3.63) is 58.7 Å². The first kappa shape index (κ1) is 32.8. The summed E-state index contributed by atoms with van der Waals surface area (Å²) in [6.07, 6.45) is 19.3. The Morgan fingerprint density at radius 3 is 1.55 bits per heavy atom. The van der Waals surface area contributed by atoms with Gasteiger partial charge in [0.25, 0.3) is 0 Å². The number of rotatable bonds is 14. The Morgan fingerprint density at radius 2 is 1.16 bits per heavy atom. The summed E-state index contributed by atoms with van der Waals surface area (Å²) in [5, 5.41) is 32.0. The van der Waals surface area contributed by atoms with E-state index in [4.69, 9.17) is 4.74 Å². The minimum absolute atomic E-state index is 0.0528. The Labute approximate surface area is 233 Å². The fourth-order valence-corrected chi connectivity index (χ4v) is 5.52. The molecule has 216 valence electrons. The molecule has 0 spiro atoms. The lowest BCUT2D eigenvalue weighted by Crippen LogP contribution is -2.24. The molecule has 0 aromatic rings. The Hall–Kier alpha value is -1.46. The highest BCUT2D eigenvalue weighted by Gasteiger charge is 2.28. The number of methoxy groups -OCH3 is 1. The highest BCUT2D eigenvalue weighted by Crippen LogP contribution is 2.38. The monoisotopic (exact) mass is 528 g/mol. The van der Waals surface area contributed by atoms with Gasteiger partial charge >= 0.3 is 0 Å². The predicted molar refractivity (Wildman–Crippen MR) is 160 cm³/mol. The fourth-order valence-electron chi connectivity index (χ4n) is 5.52. The van der Waals surface area contributed by atoms with E-state index in [9.17, 15) is 15.3 Å². The van der Waals surface area contributed by atoms with Crippen LogP contribution in [0.25, 0.3) is 0 Å². The van der Waals surface area contributed by atoms with E-state index >= 15 is 0 Å². The number of unbranched alkanes of at least 4 members (excludes halogenated alkanes) is 2. The number of hydrogen-bond donors (Lipinski definition) is 3. The van der Waals surface area contributed by atoms with Crippen LogP contribution >= 0.6 is 0 Å². The minimum Gasteiger partial charge on any atom is -0.396 e. The average molecular weight is 529 g/mol. The molecule has 2 rings (SSSR count). The fraction of sp³-hybridized carbons (Fsp3) is 0.706. The van der Waals surface area contributed by atoms with Crippen molar-refractivity contribution in [2.45, 2.75) is 125 Å². The molecule has 2 aliphatic rings. The number of ether oxygens (including phenoxy) is 1. The third-order valence-electron chi connectivity index (χ3n) is 8.04. The number of aliphatic hydroxyl groups is 3. The quantitative estimate of drug-likeness (QED) is 0.160. The largest absolute Gasteiger partial charge is 0.396 e. The summed E-state index contributed by atoms with van der Waals surface area (Å²) in [7, 11) is 1.76. The van der Waals surface area contributed by atoms with Crippen LogP contribution in [0.15, 0.2) is 58.7 Å². The number of hydrogen-bond acceptors (Lipinski definition) is 4. The summed E-state index contributed by atoms with van der Waals surface area (Å²) in [5.41, 5.74) is 3.51. The van der Waals surface area contributed by atoms with Gasteiger partial charge in [0.1, 0.15) is 0 Å². The van der Waals surface area contributed by atoms with Crippen LogP contribution in [0, 0.1) is 16.2 Å². The molecule has 2 atom stereocenters. The second kappa shape index (κ2) is 13.3. The van der Waals surface area contributed by atoms with Gasteiger partial charge in [-0.25, -0.2) is 0 Å². The highest BCUT2D eigenvalue weighted by atomic mass is 16.5. The molecule has 0 saturated carbocycles.